The van der Waals surface area contributed by atoms with E-state index in [4.69, 9.17) is 14.6 Å². The van der Waals surface area contributed by atoms with Crippen molar-refractivity contribution in [2.24, 2.45) is 0 Å². The summed E-state index contributed by atoms with van der Waals surface area (Å²) in [6, 6.07) is 5.85. The first kappa shape index (κ1) is 55.1. The maximum atomic E-state index is 12.8. The van der Waals surface area contributed by atoms with Crippen LogP contribution in [0.15, 0.2) is 40.9 Å². The summed E-state index contributed by atoms with van der Waals surface area (Å²) in [6.45, 7) is 9.10. The van der Waals surface area contributed by atoms with Crippen LogP contribution in [0.2, 0.25) is 0 Å². The fourth-order valence-corrected chi connectivity index (χ4v) is 5.55. The molecule has 2 amide bonds. The number of piperazine rings is 2. The number of rotatable bonds is 4. The molecule has 0 saturated carbocycles. The van der Waals surface area contributed by atoms with Gasteiger partial charge in [0.15, 0.2) is 0 Å². The van der Waals surface area contributed by atoms with Crippen LogP contribution < -0.4 is 51.4 Å². The van der Waals surface area contributed by atoms with Crippen molar-refractivity contribution in [2.45, 2.75) is 79.1 Å². The summed E-state index contributed by atoms with van der Waals surface area (Å²) in [7, 11) is 0. The van der Waals surface area contributed by atoms with Gasteiger partial charge in [-0.25, -0.2) is 9.59 Å². The van der Waals surface area contributed by atoms with Crippen molar-refractivity contribution in [3.63, 3.8) is 0 Å². The van der Waals surface area contributed by atoms with Gasteiger partial charge >= 0.3 is 82.9 Å². The van der Waals surface area contributed by atoms with Crippen molar-refractivity contribution < 1.29 is 120 Å². The standard InChI is InChI=1S/C17H23F3N2O3.C10H19BF3N2O2.C7H4BrF3O.CH4.K/c1-16(2,3)25-15(24)22-6-4-21(5-7-22)11-12-8-13(17(18,19)20)10-14(23)9-12;1-10(2,3)18-9(17)16-6-4-15(5-7-16)8-11(12,13)14;8-5-1-4(7(9,10)11)2-6(12)3-5;;/h8-10,23H,4-7,11H2,1-3H3;4-8H2,1-3H3;1-3,12H;1H4;/q;-1;;;+1. The quantitative estimate of drug-likeness (QED) is 0.276. The fraction of sp³-hybridized carbons (Fsp3) is 0.600. The number of phenolic OH excluding ortho intramolecular Hbond substituents is 2. The first-order valence-corrected chi connectivity index (χ1v) is 17.8. The third-order valence-corrected chi connectivity index (χ3v) is 7.89. The predicted molar refractivity (Wildman–Crippen MR) is 197 cm³/mol. The number of carbonyl (C=O) groups is 2. The molecule has 2 fully saturated rings. The van der Waals surface area contributed by atoms with Gasteiger partial charge in [-0.05, 0) is 89.9 Å². The molecular formula is C35H50BBrF9KN4O6. The van der Waals surface area contributed by atoms with Crippen LogP contribution in [0, 0.1) is 0 Å². The number of carbonyl (C=O) groups excluding carboxylic acids is 2. The van der Waals surface area contributed by atoms with Gasteiger partial charge in [0, 0.05) is 63.4 Å². The van der Waals surface area contributed by atoms with Gasteiger partial charge in [0.05, 0.1) is 11.1 Å². The SMILES string of the molecule is C.CC(C)(C)OC(=O)N1CCN(C[B-](F)(F)F)CC1.CC(C)(C)OC(=O)N1CCN(Cc2cc(O)cc(C(F)(F)F)c2)CC1.Oc1cc(Br)cc(C(F)(F)F)c1.[K+]. The Bertz CT molecular complexity index is 1560. The van der Waals surface area contributed by atoms with Crippen LogP contribution in [0.5, 0.6) is 11.5 Å². The minimum atomic E-state index is -4.80. The molecule has 0 radical (unpaired) electrons. The number of hydrogen-bond donors (Lipinski definition) is 2. The fourth-order valence-electron chi connectivity index (χ4n) is 5.07. The zero-order valence-corrected chi connectivity index (χ0v) is 36.9. The minimum Gasteiger partial charge on any atom is -0.508 e. The van der Waals surface area contributed by atoms with E-state index in [0.717, 1.165) is 12.1 Å². The normalized spacial score (nSPS) is 15.8. The second-order valence-electron chi connectivity index (χ2n) is 14.8. The van der Waals surface area contributed by atoms with E-state index in [9.17, 15) is 54.0 Å². The van der Waals surface area contributed by atoms with Gasteiger partial charge < -0.3 is 47.3 Å². The molecule has 2 aliphatic rings. The van der Waals surface area contributed by atoms with Crippen molar-refractivity contribution in [3.8, 4) is 11.5 Å². The first-order chi connectivity index (χ1) is 24.9. The van der Waals surface area contributed by atoms with E-state index in [2.05, 4.69) is 15.9 Å². The Hall–Kier alpha value is -1.95. The van der Waals surface area contributed by atoms with Crippen molar-refractivity contribution >= 4 is 35.1 Å². The molecule has 2 aromatic rings. The molecule has 2 saturated heterocycles. The molecule has 0 spiro atoms. The van der Waals surface area contributed by atoms with E-state index >= 15 is 0 Å². The summed E-state index contributed by atoms with van der Waals surface area (Å²) in [5.74, 6) is -0.811. The monoisotopic (exact) mass is 922 g/mol. The number of alkyl halides is 6. The Morgan fingerprint density at radius 3 is 1.37 bits per heavy atom. The summed E-state index contributed by atoms with van der Waals surface area (Å²) in [6.07, 6.45) is -10.6. The van der Waals surface area contributed by atoms with Gasteiger partial charge in [-0.1, -0.05) is 23.4 Å². The van der Waals surface area contributed by atoms with Crippen LogP contribution in [0.1, 0.15) is 65.7 Å². The summed E-state index contributed by atoms with van der Waals surface area (Å²) < 4.78 is 122. The number of amides is 2. The summed E-state index contributed by atoms with van der Waals surface area (Å²) in [4.78, 5) is 30.0. The molecule has 4 rings (SSSR count). The van der Waals surface area contributed by atoms with Crippen molar-refractivity contribution in [1.82, 2.24) is 19.6 Å². The molecule has 0 unspecified atom stereocenters. The van der Waals surface area contributed by atoms with Crippen LogP contribution in [-0.4, -0.2) is 119 Å². The van der Waals surface area contributed by atoms with E-state index in [1.165, 1.54) is 21.9 Å². The molecule has 0 atom stereocenters. The molecule has 0 bridgehead atoms. The Morgan fingerprint density at radius 1 is 0.649 bits per heavy atom. The molecule has 2 aliphatic heterocycles. The largest absolute Gasteiger partial charge is 1.00 e. The molecule has 57 heavy (non-hydrogen) atoms. The number of halogens is 10. The van der Waals surface area contributed by atoms with Crippen LogP contribution in [0.4, 0.5) is 48.9 Å². The van der Waals surface area contributed by atoms with E-state index in [0.29, 0.717) is 43.9 Å². The first-order valence-electron chi connectivity index (χ1n) is 17.0. The van der Waals surface area contributed by atoms with E-state index in [1.54, 1.807) is 46.4 Å². The van der Waals surface area contributed by atoms with Crippen molar-refractivity contribution in [3.05, 3.63) is 57.6 Å². The molecule has 0 aliphatic carbocycles. The number of benzene rings is 2. The average molecular weight is 924 g/mol. The van der Waals surface area contributed by atoms with Crippen LogP contribution in [-0.2, 0) is 28.4 Å². The number of phenols is 2. The van der Waals surface area contributed by atoms with E-state index in [-0.39, 0.29) is 102 Å². The number of ether oxygens (including phenoxy) is 2. The molecule has 2 aromatic carbocycles. The van der Waals surface area contributed by atoms with Gasteiger partial charge in [0.2, 0.25) is 0 Å². The minimum absolute atomic E-state index is 0. The molecule has 320 valence electrons. The Balaban J connectivity index is 0.000000863. The molecular weight excluding hydrogens is 873 g/mol. The summed E-state index contributed by atoms with van der Waals surface area (Å²) in [5, 5.41) is 18.3. The Morgan fingerprint density at radius 2 is 1.02 bits per heavy atom. The van der Waals surface area contributed by atoms with Gasteiger partial charge in [-0.3, -0.25) is 4.90 Å². The van der Waals surface area contributed by atoms with Crippen LogP contribution in [0.3, 0.4) is 0 Å². The Kier molecular flexibility index (Phi) is 21.8. The number of hydrogen-bond acceptors (Lipinski definition) is 8. The molecule has 0 aromatic heterocycles. The van der Waals surface area contributed by atoms with Gasteiger partial charge in [-0.2, -0.15) is 26.3 Å². The molecule has 22 heteroatoms. The molecule has 2 N–H and O–H groups in total. The maximum Gasteiger partial charge on any atom is 1.00 e. The molecule has 2 heterocycles. The molecule has 10 nitrogen and oxygen atoms in total. The average Bonchev–Trinajstić information content (AvgIpc) is 2.98. The van der Waals surface area contributed by atoms with E-state index in [1.807, 2.05) is 4.90 Å². The maximum absolute atomic E-state index is 12.8. The van der Waals surface area contributed by atoms with Crippen molar-refractivity contribution in [2.75, 3.05) is 58.8 Å². The van der Waals surface area contributed by atoms with Crippen molar-refractivity contribution in [1.29, 1.82) is 0 Å². The smallest absolute Gasteiger partial charge is 0.508 e. The second-order valence-corrected chi connectivity index (χ2v) is 15.7. The third-order valence-electron chi connectivity index (χ3n) is 7.43. The van der Waals surface area contributed by atoms with E-state index < -0.39 is 65.7 Å². The zero-order valence-electron chi connectivity index (χ0n) is 32.2. The predicted octanol–water partition coefficient (Wildman–Crippen LogP) is 6.20. The zero-order chi connectivity index (χ0) is 42.2. The topological polar surface area (TPSA) is 106 Å². The second kappa shape index (κ2) is 22.6. The van der Waals surface area contributed by atoms with Gasteiger partial charge in [-0.15, -0.1) is 0 Å². The van der Waals surface area contributed by atoms with Gasteiger partial charge in [0.1, 0.15) is 22.7 Å². The summed E-state index contributed by atoms with van der Waals surface area (Å²) in [5.41, 5.74) is -2.49. The number of nitrogens with zero attached hydrogens (tertiary/aromatic N) is 4. The van der Waals surface area contributed by atoms with Gasteiger partial charge in [0.25, 0.3) is 0 Å². The van der Waals surface area contributed by atoms with Crippen LogP contribution in [0.25, 0.3) is 0 Å². The third kappa shape index (κ3) is 22.3. The Labute approximate surface area is 378 Å². The summed E-state index contributed by atoms with van der Waals surface area (Å²) >= 11 is 2.85. The number of aromatic hydroxyl groups is 2. The van der Waals surface area contributed by atoms with Crippen LogP contribution >= 0.6 is 15.9 Å².